The Kier molecular flexibility index (Phi) is 9.45. The van der Waals surface area contributed by atoms with E-state index in [1.54, 1.807) is 6.92 Å². The molecule has 1 heterocycles. The third-order valence-electron chi connectivity index (χ3n) is 7.49. The van der Waals surface area contributed by atoms with Crippen LogP contribution in [0.5, 0.6) is 0 Å². The zero-order valence-electron chi connectivity index (χ0n) is 22.2. The molecule has 2 aromatic rings. The lowest BCUT2D eigenvalue weighted by molar-refractivity contribution is 0.101. The van der Waals surface area contributed by atoms with Crippen molar-refractivity contribution in [3.63, 3.8) is 0 Å². The Labute approximate surface area is 207 Å². The third-order valence-corrected chi connectivity index (χ3v) is 7.49. The zero-order chi connectivity index (χ0) is 24.7. The van der Waals surface area contributed by atoms with Crippen LogP contribution >= 0.6 is 0 Å². The van der Waals surface area contributed by atoms with Crippen LogP contribution in [0.25, 0.3) is 0 Å². The Hall–Kier alpha value is -2.48. The first-order valence-corrected chi connectivity index (χ1v) is 13.2. The molecule has 1 fully saturated rings. The molecule has 0 spiro atoms. The van der Waals surface area contributed by atoms with Crippen molar-refractivity contribution >= 4 is 11.5 Å². The van der Waals surface area contributed by atoms with E-state index in [2.05, 4.69) is 69.1 Å². The van der Waals surface area contributed by atoms with Gasteiger partial charge in [0.15, 0.2) is 5.78 Å². The summed E-state index contributed by atoms with van der Waals surface area (Å²) in [5, 5.41) is 0. The van der Waals surface area contributed by atoms with Crippen LogP contribution in [0.3, 0.4) is 0 Å². The summed E-state index contributed by atoms with van der Waals surface area (Å²) in [5.41, 5.74) is 9.84. The lowest BCUT2D eigenvalue weighted by atomic mass is 9.79. The van der Waals surface area contributed by atoms with Gasteiger partial charge in [0.05, 0.1) is 5.71 Å². The van der Waals surface area contributed by atoms with E-state index in [-0.39, 0.29) is 5.78 Å². The van der Waals surface area contributed by atoms with Gasteiger partial charge in [-0.3, -0.25) is 9.79 Å². The Balaban J connectivity index is 0.000000196. The number of hydrogen-bond acceptors (Lipinski definition) is 2. The fourth-order valence-electron chi connectivity index (χ4n) is 5.57. The van der Waals surface area contributed by atoms with Gasteiger partial charge in [-0.25, -0.2) is 0 Å². The average molecular weight is 458 g/mol. The van der Waals surface area contributed by atoms with Crippen molar-refractivity contribution in [1.82, 2.24) is 0 Å². The Morgan fingerprint density at radius 1 is 1.03 bits per heavy atom. The molecule has 1 aliphatic carbocycles. The first-order chi connectivity index (χ1) is 16.3. The van der Waals surface area contributed by atoms with Gasteiger partial charge in [0.2, 0.25) is 0 Å². The minimum absolute atomic E-state index is 0.213. The van der Waals surface area contributed by atoms with Gasteiger partial charge in [0.1, 0.15) is 0 Å². The van der Waals surface area contributed by atoms with E-state index in [0.717, 1.165) is 42.2 Å². The van der Waals surface area contributed by atoms with E-state index < -0.39 is 0 Å². The summed E-state index contributed by atoms with van der Waals surface area (Å²) in [6, 6.07) is 14.9. The summed E-state index contributed by atoms with van der Waals surface area (Å²) in [6.07, 6.45) is 9.92. The summed E-state index contributed by atoms with van der Waals surface area (Å²) >= 11 is 0. The highest BCUT2D eigenvalue weighted by Crippen LogP contribution is 2.32. The fraction of sp³-hybridized carbons (Fsp3) is 0.500. The second-order valence-electron chi connectivity index (χ2n) is 10.5. The van der Waals surface area contributed by atoms with Crippen LogP contribution in [0.4, 0.5) is 0 Å². The molecule has 4 rings (SSSR count). The number of rotatable bonds is 6. The normalized spacial score (nSPS) is 20.0. The van der Waals surface area contributed by atoms with Crippen LogP contribution < -0.4 is 0 Å². The largest absolute Gasteiger partial charge is 0.294 e. The maximum atomic E-state index is 11.8. The molecule has 2 unspecified atom stereocenters. The van der Waals surface area contributed by atoms with Crippen LogP contribution in [-0.4, -0.2) is 11.5 Å². The molecule has 182 valence electrons. The minimum Gasteiger partial charge on any atom is -0.294 e. The number of carbonyl (C=O) groups excluding carboxylic acids is 1. The van der Waals surface area contributed by atoms with Gasteiger partial charge >= 0.3 is 0 Å². The summed E-state index contributed by atoms with van der Waals surface area (Å²) in [5.74, 6) is 1.97. The molecule has 2 heteroatoms. The lowest BCUT2D eigenvalue weighted by Gasteiger charge is -2.26. The molecular weight excluding hydrogens is 414 g/mol. The SMILES string of the molecule is CC(=O)c1c(C)cccc1CCC1CCCC(C)C1.CCC1=C(C)CC(c2ccc(C)cc2)=N1. The quantitative estimate of drug-likeness (QED) is 0.398. The summed E-state index contributed by atoms with van der Waals surface area (Å²) in [4.78, 5) is 16.5. The number of ketones is 1. The van der Waals surface area contributed by atoms with E-state index >= 15 is 0 Å². The Morgan fingerprint density at radius 3 is 2.38 bits per heavy atom. The van der Waals surface area contributed by atoms with Gasteiger partial charge in [-0.05, 0) is 87.5 Å². The molecule has 2 nitrogen and oxygen atoms in total. The van der Waals surface area contributed by atoms with Gasteiger partial charge in [-0.2, -0.15) is 0 Å². The van der Waals surface area contributed by atoms with Gasteiger partial charge in [0.25, 0.3) is 0 Å². The van der Waals surface area contributed by atoms with Crippen LogP contribution in [0.15, 0.2) is 58.7 Å². The molecule has 1 saturated carbocycles. The van der Waals surface area contributed by atoms with E-state index in [4.69, 9.17) is 0 Å². The summed E-state index contributed by atoms with van der Waals surface area (Å²) < 4.78 is 0. The maximum Gasteiger partial charge on any atom is 0.160 e. The van der Waals surface area contributed by atoms with Gasteiger partial charge in [0, 0.05) is 17.7 Å². The molecular formula is C32H43NO. The van der Waals surface area contributed by atoms with E-state index in [0.29, 0.717) is 0 Å². The number of benzene rings is 2. The molecule has 2 atom stereocenters. The van der Waals surface area contributed by atoms with E-state index in [1.807, 2.05) is 13.0 Å². The average Bonchev–Trinajstić information content (AvgIpc) is 3.19. The number of aliphatic imine (C=N–C) groups is 1. The molecule has 2 aliphatic rings. The van der Waals surface area contributed by atoms with Gasteiger partial charge in [-0.1, -0.05) is 81.1 Å². The van der Waals surface area contributed by atoms with Crippen molar-refractivity contribution in [2.75, 3.05) is 0 Å². The molecule has 0 saturated heterocycles. The van der Waals surface area contributed by atoms with Crippen molar-refractivity contribution < 1.29 is 4.79 Å². The highest BCUT2D eigenvalue weighted by molar-refractivity contribution is 6.04. The van der Waals surface area contributed by atoms with E-state index in [9.17, 15) is 4.79 Å². The lowest BCUT2D eigenvalue weighted by Crippen LogP contribution is -2.14. The molecule has 2 aromatic carbocycles. The Morgan fingerprint density at radius 2 is 1.76 bits per heavy atom. The standard InChI is InChI=1S/C18H26O.C14H17N/c1-13-6-4-8-16(12-13)10-11-17-9-5-7-14(2)18(17)15(3)19;1-4-13-11(3)9-14(15-13)12-7-5-10(2)6-8-12/h5,7,9,13,16H,4,6,8,10-12H2,1-3H3;5-8H,4,9H2,1-3H3. The molecule has 0 radical (unpaired) electrons. The first-order valence-electron chi connectivity index (χ1n) is 13.2. The number of nitrogens with zero attached hydrogens (tertiary/aromatic N) is 1. The summed E-state index contributed by atoms with van der Waals surface area (Å²) in [7, 11) is 0. The van der Waals surface area contributed by atoms with E-state index in [1.165, 1.54) is 65.8 Å². The minimum atomic E-state index is 0.213. The molecule has 0 N–H and O–H groups in total. The van der Waals surface area contributed by atoms with Crippen molar-refractivity contribution in [3.8, 4) is 0 Å². The highest BCUT2D eigenvalue weighted by Gasteiger charge is 2.19. The molecule has 34 heavy (non-hydrogen) atoms. The number of carbonyl (C=O) groups is 1. The number of allylic oxidation sites excluding steroid dienone is 2. The molecule has 0 bridgehead atoms. The molecule has 0 aromatic heterocycles. The highest BCUT2D eigenvalue weighted by atomic mass is 16.1. The second kappa shape index (κ2) is 12.3. The Bertz CT molecular complexity index is 1040. The van der Waals surface area contributed by atoms with Crippen molar-refractivity contribution in [2.24, 2.45) is 16.8 Å². The fourth-order valence-corrected chi connectivity index (χ4v) is 5.57. The van der Waals surface area contributed by atoms with Gasteiger partial charge < -0.3 is 0 Å². The molecule has 0 amide bonds. The van der Waals surface area contributed by atoms with Crippen molar-refractivity contribution in [2.45, 2.75) is 92.9 Å². The van der Waals surface area contributed by atoms with Gasteiger partial charge in [-0.15, -0.1) is 0 Å². The summed E-state index contributed by atoms with van der Waals surface area (Å²) in [6.45, 7) is 12.6. The molecule has 1 aliphatic heterocycles. The van der Waals surface area contributed by atoms with Crippen molar-refractivity contribution in [3.05, 3.63) is 81.6 Å². The third kappa shape index (κ3) is 7.01. The van der Waals surface area contributed by atoms with Crippen molar-refractivity contribution in [1.29, 1.82) is 0 Å². The first kappa shape index (κ1) is 26.1. The topological polar surface area (TPSA) is 29.4 Å². The predicted molar refractivity (Wildman–Crippen MR) is 146 cm³/mol. The van der Waals surface area contributed by atoms with Crippen LogP contribution in [0.1, 0.15) is 105 Å². The van der Waals surface area contributed by atoms with Crippen LogP contribution in [0, 0.1) is 25.7 Å². The van der Waals surface area contributed by atoms with Crippen LogP contribution in [0.2, 0.25) is 0 Å². The van der Waals surface area contributed by atoms with Crippen LogP contribution in [-0.2, 0) is 6.42 Å². The zero-order valence-corrected chi connectivity index (χ0v) is 22.2. The maximum absolute atomic E-state index is 11.8. The smallest absolute Gasteiger partial charge is 0.160 e. The number of hydrogen-bond donors (Lipinski definition) is 0. The number of Topliss-reactive ketones (excluding diaryl/α,β-unsaturated/α-hetero) is 1. The number of aryl methyl sites for hydroxylation is 3. The predicted octanol–water partition coefficient (Wildman–Crippen LogP) is 8.83. The monoisotopic (exact) mass is 457 g/mol. The second-order valence-corrected chi connectivity index (χ2v) is 10.5.